The molecule has 0 radical (unpaired) electrons. The summed E-state index contributed by atoms with van der Waals surface area (Å²) in [5, 5.41) is 30.7. The number of nitriles is 1. The number of benzene rings is 3. The van der Waals surface area contributed by atoms with Crippen molar-refractivity contribution >= 4 is 28.9 Å². The average molecular weight is 540 g/mol. The maximum absolute atomic E-state index is 10.3. The minimum atomic E-state index is -0.945. The van der Waals surface area contributed by atoms with Crippen molar-refractivity contribution in [2.45, 2.75) is 31.5 Å². The van der Waals surface area contributed by atoms with E-state index >= 15 is 0 Å². The molecule has 1 saturated heterocycles. The van der Waals surface area contributed by atoms with Gasteiger partial charge in [0.05, 0.1) is 46.6 Å². The second-order valence-electron chi connectivity index (χ2n) is 9.90. The van der Waals surface area contributed by atoms with Crippen LogP contribution in [0.5, 0.6) is 5.75 Å². The molecular weight excluding hydrogens is 509 g/mol. The van der Waals surface area contributed by atoms with Crippen LogP contribution in [0.4, 0.5) is 5.69 Å². The van der Waals surface area contributed by atoms with E-state index in [0.29, 0.717) is 41.0 Å². The highest BCUT2D eigenvalue weighted by molar-refractivity contribution is 6.33. The molecule has 1 heterocycles. The van der Waals surface area contributed by atoms with Gasteiger partial charge in [-0.2, -0.15) is 5.26 Å². The van der Waals surface area contributed by atoms with Crippen LogP contribution in [-0.2, 0) is 0 Å². The zero-order valence-corrected chi connectivity index (χ0v) is 22.5. The summed E-state index contributed by atoms with van der Waals surface area (Å²) in [5.41, 5.74) is 2.59. The van der Waals surface area contributed by atoms with E-state index in [9.17, 15) is 10.2 Å². The van der Waals surface area contributed by atoms with Gasteiger partial charge in [-0.05, 0) is 61.4 Å². The van der Waals surface area contributed by atoms with E-state index in [4.69, 9.17) is 33.2 Å². The minimum absolute atomic E-state index is 0.0345. The van der Waals surface area contributed by atoms with Crippen LogP contribution in [0, 0.1) is 11.3 Å². The molecule has 8 heteroatoms. The Morgan fingerprint density at radius 3 is 2.35 bits per heavy atom. The number of ether oxygens (including phenoxy) is 1. The highest BCUT2D eigenvalue weighted by atomic mass is 35.5. The van der Waals surface area contributed by atoms with Crippen molar-refractivity contribution in [2.24, 2.45) is 0 Å². The van der Waals surface area contributed by atoms with Crippen molar-refractivity contribution in [2.75, 3.05) is 37.7 Å². The first-order valence-electron chi connectivity index (χ1n) is 12.2. The van der Waals surface area contributed by atoms with Crippen LogP contribution in [0.1, 0.15) is 42.6 Å². The van der Waals surface area contributed by atoms with Gasteiger partial charge in [0.15, 0.2) is 0 Å². The monoisotopic (exact) mass is 539 g/mol. The summed E-state index contributed by atoms with van der Waals surface area (Å²) in [7, 11) is 0. The standard InChI is InChI=1S/C29H31Cl2N3O3/c1-29(2,36)19-37-24-11-12-26(25(31)15-24)34-14-13-33(17-27(34)21-7-9-23(30)10-8-21)28(18-35)22-5-3-20(16-32)4-6-22/h3-12,15,27-28,35-36H,13-14,17-19H2,1-2H3/t27-,28-/m0/s1. The predicted molar refractivity (Wildman–Crippen MR) is 147 cm³/mol. The second-order valence-corrected chi connectivity index (χ2v) is 10.7. The number of aliphatic hydroxyl groups excluding tert-OH is 1. The number of hydrogen-bond donors (Lipinski definition) is 2. The first-order chi connectivity index (χ1) is 17.7. The van der Waals surface area contributed by atoms with Crippen LogP contribution in [0.15, 0.2) is 66.7 Å². The fourth-order valence-corrected chi connectivity index (χ4v) is 5.03. The van der Waals surface area contributed by atoms with E-state index in [0.717, 1.165) is 16.8 Å². The lowest BCUT2D eigenvalue weighted by Gasteiger charge is -2.46. The van der Waals surface area contributed by atoms with E-state index in [-0.39, 0.29) is 25.3 Å². The zero-order chi connectivity index (χ0) is 26.6. The van der Waals surface area contributed by atoms with E-state index in [1.54, 1.807) is 32.0 Å². The molecule has 4 rings (SSSR count). The Morgan fingerprint density at radius 2 is 1.76 bits per heavy atom. The molecule has 6 nitrogen and oxygen atoms in total. The summed E-state index contributed by atoms with van der Waals surface area (Å²) in [4.78, 5) is 4.54. The summed E-state index contributed by atoms with van der Waals surface area (Å²) >= 11 is 12.9. The largest absolute Gasteiger partial charge is 0.491 e. The van der Waals surface area contributed by atoms with Crippen molar-refractivity contribution < 1.29 is 14.9 Å². The van der Waals surface area contributed by atoms with Gasteiger partial charge in [0.25, 0.3) is 0 Å². The summed E-state index contributed by atoms with van der Waals surface area (Å²) < 4.78 is 5.72. The number of hydrogen-bond acceptors (Lipinski definition) is 6. The molecular formula is C29H31Cl2N3O3. The van der Waals surface area contributed by atoms with Crippen LogP contribution in [0.25, 0.3) is 0 Å². The van der Waals surface area contributed by atoms with Gasteiger partial charge in [-0.15, -0.1) is 0 Å². The lowest BCUT2D eigenvalue weighted by atomic mass is 9.97. The summed E-state index contributed by atoms with van der Waals surface area (Å²) in [6, 6.07) is 22.7. The van der Waals surface area contributed by atoms with Gasteiger partial charge in [-0.25, -0.2) is 0 Å². The Kier molecular flexibility index (Phi) is 8.63. The number of nitrogens with zero attached hydrogens (tertiary/aromatic N) is 3. The van der Waals surface area contributed by atoms with Crippen LogP contribution in [0.3, 0.4) is 0 Å². The Bertz CT molecular complexity index is 1240. The first-order valence-corrected chi connectivity index (χ1v) is 13.0. The van der Waals surface area contributed by atoms with Gasteiger partial charge in [0.2, 0.25) is 0 Å². The van der Waals surface area contributed by atoms with Crippen molar-refractivity contribution in [3.8, 4) is 11.8 Å². The fourth-order valence-electron chi connectivity index (χ4n) is 4.63. The number of rotatable bonds is 8. The van der Waals surface area contributed by atoms with Crippen molar-refractivity contribution in [3.63, 3.8) is 0 Å². The molecule has 0 aliphatic carbocycles. The van der Waals surface area contributed by atoms with E-state index in [1.807, 2.05) is 48.5 Å². The first kappa shape index (κ1) is 27.3. The molecule has 0 spiro atoms. The van der Waals surface area contributed by atoms with Crippen molar-refractivity contribution in [1.29, 1.82) is 5.26 Å². The van der Waals surface area contributed by atoms with Crippen molar-refractivity contribution in [1.82, 2.24) is 4.90 Å². The molecule has 1 aliphatic rings. The lowest BCUT2D eigenvalue weighted by Crippen LogP contribution is -2.50. The highest BCUT2D eigenvalue weighted by Crippen LogP contribution is 2.39. The molecule has 2 atom stereocenters. The number of halogens is 2. The van der Waals surface area contributed by atoms with Gasteiger partial charge in [0.1, 0.15) is 12.4 Å². The van der Waals surface area contributed by atoms with E-state index < -0.39 is 5.60 Å². The molecule has 2 N–H and O–H groups in total. The quantitative estimate of drug-likeness (QED) is 0.387. The van der Waals surface area contributed by atoms with Gasteiger partial charge in [0, 0.05) is 30.7 Å². The minimum Gasteiger partial charge on any atom is -0.491 e. The third-order valence-electron chi connectivity index (χ3n) is 6.53. The topological polar surface area (TPSA) is 80.0 Å². The molecule has 3 aromatic carbocycles. The maximum atomic E-state index is 10.3. The Hall–Kier alpha value is -2.79. The molecule has 0 amide bonds. The number of piperazine rings is 1. The Balaban J connectivity index is 1.62. The Morgan fingerprint density at radius 1 is 1.05 bits per heavy atom. The lowest BCUT2D eigenvalue weighted by molar-refractivity contribution is 0.0285. The van der Waals surface area contributed by atoms with Crippen LogP contribution >= 0.6 is 23.2 Å². The highest BCUT2D eigenvalue weighted by Gasteiger charge is 2.33. The third kappa shape index (κ3) is 6.75. The Labute approximate surface area is 228 Å². The molecule has 0 unspecified atom stereocenters. The van der Waals surface area contributed by atoms with Crippen LogP contribution in [-0.4, -0.2) is 53.6 Å². The summed E-state index contributed by atoms with van der Waals surface area (Å²) in [6.45, 7) is 5.56. The van der Waals surface area contributed by atoms with Crippen molar-refractivity contribution in [3.05, 3.63) is 93.5 Å². The molecule has 37 heavy (non-hydrogen) atoms. The normalized spacial score (nSPS) is 17.3. The third-order valence-corrected chi connectivity index (χ3v) is 7.08. The number of anilines is 1. The van der Waals surface area contributed by atoms with Gasteiger partial charge in [-0.3, -0.25) is 4.90 Å². The van der Waals surface area contributed by atoms with Crippen LogP contribution < -0.4 is 9.64 Å². The molecule has 0 aromatic heterocycles. The molecule has 3 aromatic rings. The van der Waals surface area contributed by atoms with Gasteiger partial charge in [-0.1, -0.05) is 47.5 Å². The molecule has 1 fully saturated rings. The molecule has 194 valence electrons. The summed E-state index contributed by atoms with van der Waals surface area (Å²) in [6.07, 6.45) is 0. The average Bonchev–Trinajstić information content (AvgIpc) is 2.88. The zero-order valence-electron chi connectivity index (χ0n) is 20.9. The number of aliphatic hydroxyl groups is 2. The van der Waals surface area contributed by atoms with E-state index in [1.165, 1.54) is 0 Å². The van der Waals surface area contributed by atoms with E-state index in [2.05, 4.69) is 15.9 Å². The maximum Gasteiger partial charge on any atom is 0.121 e. The molecule has 0 bridgehead atoms. The molecule has 1 aliphatic heterocycles. The predicted octanol–water partition coefficient (Wildman–Crippen LogP) is 5.61. The smallest absolute Gasteiger partial charge is 0.121 e. The van der Waals surface area contributed by atoms with Gasteiger partial charge >= 0.3 is 0 Å². The fraction of sp³-hybridized carbons (Fsp3) is 0.345. The van der Waals surface area contributed by atoms with Gasteiger partial charge < -0.3 is 19.8 Å². The van der Waals surface area contributed by atoms with Crippen LogP contribution in [0.2, 0.25) is 10.0 Å². The molecule has 0 saturated carbocycles. The second kappa shape index (κ2) is 11.7. The summed E-state index contributed by atoms with van der Waals surface area (Å²) in [5.74, 6) is 0.596. The SMILES string of the molecule is CC(C)(O)COc1ccc(N2CCN([C@@H](CO)c3ccc(C#N)cc3)C[C@H]2c2ccc(Cl)cc2)c(Cl)c1.